The molecule has 0 bridgehead atoms. The second-order valence-corrected chi connectivity index (χ2v) is 14.5. The van der Waals surface area contributed by atoms with Crippen molar-refractivity contribution in [3.8, 4) is 0 Å². The summed E-state index contributed by atoms with van der Waals surface area (Å²) in [7, 11) is 5.37. The Balaban J connectivity index is 4.52. The quantitative estimate of drug-likeness (QED) is 0.0276. The SMILES string of the molecule is CC/C=C/C/C=C/C/C=C/C/C=C/C/C=C/C/C=C/CCC(=O)OC(COCCC(C(=O)[O-])[N+](C)(C)C)COC(=O)CCCCCCCCCCCC. The number of carboxylic acid groups (broad SMARTS) is 1. The number of ether oxygens (including phenoxy) is 3. The summed E-state index contributed by atoms with van der Waals surface area (Å²) in [5.74, 6) is -1.85. The molecule has 0 saturated heterocycles. The highest BCUT2D eigenvalue weighted by atomic mass is 16.6. The molecular formula is C45H75NO7. The average Bonchev–Trinajstić information content (AvgIpc) is 3.11. The van der Waals surface area contributed by atoms with E-state index >= 15 is 0 Å². The third-order valence-corrected chi connectivity index (χ3v) is 8.62. The van der Waals surface area contributed by atoms with Crippen LogP contribution in [0, 0.1) is 0 Å². The molecule has 53 heavy (non-hydrogen) atoms. The zero-order chi connectivity index (χ0) is 39.3. The van der Waals surface area contributed by atoms with Crippen LogP contribution in [0.15, 0.2) is 72.9 Å². The van der Waals surface area contributed by atoms with Gasteiger partial charge in [-0.05, 0) is 51.4 Å². The Labute approximate surface area is 323 Å². The van der Waals surface area contributed by atoms with Crippen LogP contribution in [0.2, 0.25) is 0 Å². The first-order chi connectivity index (χ1) is 25.6. The van der Waals surface area contributed by atoms with Crippen molar-refractivity contribution in [2.75, 3.05) is 41.0 Å². The number of carboxylic acids is 1. The predicted octanol–water partition coefficient (Wildman–Crippen LogP) is 9.46. The Kier molecular flexibility index (Phi) is 33.6. The summed E-state index contributed by atoms with van der Waals surface area (Å²) in [6, 6.07) is -0.740. The number of allylic oxidation sites excluding steroid dienone is 12. The van der Waals surface area contributed by atoms with Crippen LogP contribution >= 0.6 is 0 Å². The van der Waals surface area contributed by atoms with Gasteiger partial charge < -0.3 is 28.6 Å². The number of quaternary nitrogens is 1. The van der Waals surface area contributed by atoms with Gasteiger partial charge in [-0.15, -0.1) is 0 Å². The molecule has 8 heteroatoms. The lowest BCUT2D eigenvalue weighted by Gasteiger charge is -2.34. The van der Waals surface area contributed by atoms with Gasteiger partial charge in [-0.1, -0.05) is 145 Å². The van der Waals surface area contributed by atoms with Crippen LogP contribution in [0.4, 0.5) is 0 Å². The first kappa shape index (κ1) is 49.8. The lowest BCUT2D eigenvalue weighted by atomic mass is 10.1. The van der Waals surface area contributed by atoms with Gasteiger partial charge in [0, 0.05) is 19.3 Å². The van der Waals surface area contributed by atoms with Gasteiger partial charge in [0.25, 0.3) is 0 Å². The molecule has 0 aromatic carbocycles. The molecule has 0 aliphatic carbocycles. The zero-order valence-electron chi connectivity index (χ0n) is 34.2. The number of hydrogen-bond donors (Lipinski definition) is 0. The van der Waals surface area contributed by atoms with E-state index in [1.807, 2.05) is 12.2 Å². The number of esters is 2. The van der Waals surface area contributed by atoms with Crippen molar-refractivity contribution in [2.24, 2.45) is 0 Å². The molecule has 0 heterocycles. The molecule has 2 atom stereocenters. The van der Waals surface area contributed by atoms with Crippen LogP contribution in [-0.2, 0) is 28.6 Å². The van der Waals surface area contributed by atoms with E-state index in [-0.39, 0.29) is 43.1 Å². The molecule has 0 aromatic rings. The third-order valence-electron chi connectivity index (χ3n) is 8.62. The normalized spacial score (nSPS) is 13.8. The molecule has 0 aromatic heterocycles. The second-order valence-electron chi connectivity index (χ2n) is 14.5. The van der Waals surface area contributed by atoms with Crippen molar-refractivity contribution in [2.45, 2.75) is 154 Å². The van der Waals surface area contributed by atoms with Crippen LogP contribution < -0.4 is 5.11 Å². The van der Waals surface area contributed by atoms with Crippen molar-refractivity contribution in [3.63, 3.8) is 0 Å². The fourth-order valence-electron chi connectivity index (χ4n) is 5.45. The van der Waals surface area contributed by atoms with Gasteiger partial charge in [0.15, 0.2) is 6.10 Å². The van der Waals surface area contributed by atoms with E-state index in [9.17, 15) is 19.5 Å². The maximum atomic E-state index is 12.6. The molecule has 0 aliphatic heterocycles. The number of rotatable bonds is 35. The minimum atomic E-state index is -1.14. The van der Waals surface area contributed by atoms with Crippen molar-refractivity contribution in [3.05, 3.63) is 72.9 Å². The number of carbonyl (C=O) groups is 3. The molecule has 0 spiro atoms. The Morgan fingerprint density at radius 2 is 1.06 bits per heavy atom. The van der Waals surface area contributed by atoms with Crippen molar-refractivity contribution in [1.29, 1.82) is 0 Å². The maximum Gasteiger partial charge on any atom is 0.306 e. The molecule has 0 fully saturated rings. The van der Waals surface area contributed by atoms with Gasteiger partial charge in [0.05, 0.1) is 40.3 Å². The van der Waals surface area contributed by atoms with Crippen molar-refractivity contribution >= 4 is 17.9 Å². The molecule has 0 aliphatic rings. The van der Waals surface area contributed by atoms with E-state index < -0.39 is 24.1 Å². The number of likely N-dealkylation sites (N-methyl/N-ethyl adjacent to an activating group) is 1. The monoisotopic (exact) mass is 742 g/mol. The van der Waals surface area contributed by atoms with E-state index in [1.54, 1.807) is 21.1 Å². The van der Waals surface area contributed by atoms with Crippen LogP contribution in [0.3, 0.4) is 0 Å². The highest BCUT2D eigenvalue weighted by molar-refractivity contribution is 5.70. The molecule has 0 saturated carbocycles. The Morgan fingerprint density at radius 1 is 0.585 bits per heavy atom. The van der Waals surface area contributed by atoms with E-state index in [0.29, 0.717) is 12.8 Å². The van der Waals surface area contributed by atoms with Crippen molar-refractivity contribution < 1.29 is 38.2 Å². The second kappa shape index (κ2) is 35.8. The molecule has 0 amide bonds. The fraction of sp³-hybridized carbons (Fsp3) is 0.667. The average molecular weight is 742 g/mol. The highest BCUT2D eigenvalue weighted by Gasteiger charge is 2.25. The third kappa shape index (κ3) is 34.3. The summed E-state index contributed by atoms with van der Waals surface area (Å²) in [5, 5.41) is 11.6. The Bertz CT molecular complexity index is 1100. The van der Waals surface area contributed by atoms with Crippen LogP contribution in [0.5, 0.6) is 0 Å². The van der Waals surface area contributed by atoms with Gasteiger partial charge >= 0.3 is 11.9 Å². The molecule has 0 radical (unpaired) electrons. The Morgan fingerprint density at radius 3 is 1.53 bits per heavy atom. The van der Waals surface area contributed by atoms with Crippen LogP contribution in [-0.4, -0.2) is 75.5 Å². The zero-order valence-corrected chi connectivity index (χ0v) is 34.2. The smallest absolute Gasteiger partial charge is 0.306 e. The van der Waals surface area contributed by atoms with E-state index in [2.05, 4.69) is 74.6 Å². The lowest BCUT2D eigenvalue weighted by Crippen LogP contribution is -2.55. The highest BCUT2D eigenvalue weighted by Crippen LogP contribution is 2.12. The van der Waals surface area contributed by atoms with Crippen LogP contribution in [0.25, 0.3) is 0 Å². The largest absolute Gasteiger partial charge is 0.544 e. The molecule has 2 unspecified atom stereocenters. The van der Waals surface area contributed by atoms with Gasteiger partial charge in [0.2, 0.25) is 0 Å². The standard InChI is InChI=1S/C45H75NO7/c1-6-8-10-12-14-16-18-19-20-21-22-23-24-25-26-28-30-32-34-36-44(48)53-41(39-51-38-37-42(45(49)50)46(3,4)5)40-52-43(47)35-33-31-29-27-17-15-13-11-9-7-2/h8,10,14,16,19-20,22-23,25-26,30,32,41-42H,6-7,9,11-13,15,17-18,21,24,27-29,31,33-40H2,1-5H3/b10-8+,16-14+,20-19+,23-22+,26-25+,32-30+. The Hall–Kier alpha value is -3.23. The first-order valence-electron chi connectivity index (χ1n) is 20.5. The molecule has 302 valence electrons. The number of aliphatic carboxylic acids is 1. The van der Waals surface area contributed by atoms with E-state index in [0.717, 1.165) is 57.8 Å². The van der Waals surface area contributed by atoms with Crippen LogP contribution in [0.1, 0.15) is 142 Å². The minimum Gasteiger partial charge on any atom is -0.544 e. The molecular weight excluding hydrogens is 666 g/mol. The summed E-state index contributed by atoms with van der Waals surface area (Å²) >= 11 is 0. The van der Waals surface area contributed by atoms with Gasteiger partial charge in [0.1, 0.15) is 12.6 Å². The number of unbranched alkanes of at least 4 members (excludes halogenated alkanes) is 9. The molecule has 0 N–H and O–H groups in total. The minimum absolute atomic E-state index is 0.00803. The van der Waals surface area contributed by atoms with Gasteiger partial charge in [-0.25, -0.2) is 0 Å². The summed E-state index contributed by atoms with van der Waals surface area (Å²) in [4.78, 5) is 36.7. The lowest BCUT2D eigenvalue weighted by molar-refractivity contribution is -0.889. The molecule has 8 nitrogen and oxygen atoms in total. The number of hydrogen-bond acceptors (Lipinski definition) is 7. The van der Waals surface area contributed by atoms with Gasteiger partial charge in [-0.2, -0.15) is 0 Å². The maximum absolute atomic E-state index is 12.6. The number of carbonyl (C=O) groups excluding carboxylic acids is 3. The summed E-state index contributed by atoms with van der Waals surface area (Å²) in [6.07, 6.45) is 43.7. The fourth-order valence-corrected chi connectivity index (χ4v) is 5.45. The number of nitrogens with zero attached hydrogens (tertiary/aromatic N) is 1. The van der Waals surface area contributed by atoms with E-state index in [1.165, 1.54) is 44.9 Å². The summed E-state index contributed by atoms with van der Waals surface area (Å²) < 4.78 is 17.0. The van der Waals surface area contributed by atoms with E-state index in [4.69, 9.17) is 14.2 Å². The predicted molar refractivity (Wildman–Crippen MR) is 217 cm³/mol. The molecule has 0 rings (SSSR count). The summed E-state index contributed by atoms with van der Waals surface area (Å²) in [6.45, 7) is 4.43. The van der Waals surface area contributed by atoms with Crippen molar-refractivity contribution in [1.82, 2.24) is 0 Å². The first-order valence-corrected chi connectivity index (χ1v) is 20.5. The van der Waals surface area contributed by atoms with Gasteiger partial charge in [-0.3, -0.25) is 9.59 Å². The summed E-state index contributed by atoms with van der Waals surface area (Å²) in [5.41, 5.74) is 0. The topological polar surface area (TPSA) is 102 Å².